The maximum atomic E-state index is 5.80. The Balaban J connectivity index is 1.73. The second-order valence-corrected chi connectivity index (χ2v) is 4.17. The summed E-state index contributed by atoms with van der Waals surface area (Å²) in [7, 11) is 0. The van der Waals surface area contributed by atoms with Crippen molar-refractivity contribution in [2.45, 2.75) is 12.8 Å². The molecule has 0 spiro atoms. The predicted octanol–water partition coefficient (Wildman–Crippen LogP) is 2.21. The van der Waals surface area contributed by atoms with Crippen molar-refractivity contribution in [1.29, 1.82) is 0 Å². The van der Waals surface area contributed by atoms with Crippen molar-refractivity contribution in [2.24, 2.45) is 0 Å². The maximum absolute atomic E-state index is 5.80. The largest absolute Gasteiger partial charge is 0.491 e. The number of ether oxygens (including phenoxy) is 1. The zero-order valence-electron chi connectivity index (χ0n) is 8.66. The number of aromatic nitrogens is 1. The Labute approximate surface area is 95.0 Å². The molecule has 0 unspecified atom stereocenters. The molecule has 0 bridgehead atoms. The van der Waals surface area contributed by atoms with E-state index >= 15 is 0 Å². The van der Waals surface area contributed by atoms with E-state index in [9.17, 15) is 0 Å². The van der Waals surface area contributed by atoms with Crippen LogP contribution in [0.15, 0.2) is 18.5 Å². The van der Waals surface area contributed by atoms with Gasteiger partial charge in [-0.15, -0.1) is 0 Å². The molecule has 4 heteroatoms. The van der Waals surface area contributed by atoms with Gasteiger partial charge in [0.05, 0.1) is 11.2 Å². The van der Waals surface area contributed by atoms with Gasteiger partial charge in [-0.25, -0.2) is 0 Å². The molecule has 15 heavy (non-hydrogen) atoms. The summed E-state index contributed by atoms with van der Waals surface area (Å²) in [5.41, 5.74) is 0. The summed E-state index contributed by atoms with van der Waals surface area (Å²) in [4.78, 5) is 6.38. The lowest BCUT2D eigenvalue weighted by Gasteiger charge is -2.14. The van der Waals surface area contributed by atoms with E-state index in [1.54, 1.807) is 18.5 Å². The van der Waals surface area contributed by atoms with E-state index in [1.807, 2.05) is 0 Å². The summed E-state index contributed by atoms with van der Waals surface area (Å²) in [5, 5.41) is 0.619. The van der Waals surface area contributed by atoms with E-state index in [1.165, 1.54) is 25.9 Å². The number of likely N-dealkylation sites (tertiary alicyclic amines) is 1. The molecule has 0 amide bonds. The molecule has 1 aromatic heterocycles. The fraction of sp³-hybridized carbons (Fsp3) is 0.545. The molecule has 1 fully saturated rings. The van der Waals surface area contributed by atoms with Crippen molar-refractivity contribution in [1.82, 2.24) is 9.88 Å². The predicted molar refractivity (Wildman–Crippen MR) is 60.4 cm³/mol. The number of hydrogen-bond donors (Lipinski definition) is 0. The van der Waals surface area contributed by atoms with Crippen LogP contribution in [0.2, 0.25) is 5.02 Å². The van der Waals surface area contributed by atoms with Gasteiger partial charge in [0.15, 0.2) is 0 Å². The second-order valence-electron chi connectivity index (χ2n) is 3.74. The minimum absolute atomic E-state index is 0.619. The fourth-order valence-electron chi connectivity index (χ4n) is 1.77. The number of rotatable bonds is 4. The normalized spacial score (nSPS) is 16.9. The van der Waals surface area contributed by atoms with Gasteiger partial charge in [-0.05, 0) is 25.9 Å². The van der Waals surface area contributed by atoms with Crippen LogP contribution in [0.3, 0.4) is 0 Å². The topological polar surface area (TPSA) is 25.4 Å². The number of hydrogen-bond acceptors (Lipinski definition) is 3. The maximum Gasteiger partial charge on any atom is 0.139 e. The van der Waals surface area contributed by atoms with Crippen molar-refractivity contribution < 1.29 is 4.74 Å². The molecule has 1 aliphatic heterocycles. The van der Waals surface area contributed by atoms with Gasteiger partial charge in [0.25, 0.3) is 0 Å². The average Bonchev–Trinajstić information content (AvgIpc) is 2.71. The molecule has 3 nitrogen and oxygen atoms in total. The molecule has 82 valence electrons. The molecule has 2 rings (SSSR count). The lowest BCUT2D eigenvalue weighted by Crippen LogP contribution is -2.25. The van der Waals surface area contributed by atoms with Crippen LogP contribution in [0.4, 0.5) is 0 Å². The zero-order valence-corrected chi connectivity index (χ0v) is 9.41. The van der Waals surface area contributed by atoms with Crippen LogP contribution in [0.25, 0.3) is 0 Å². The Bertz CT molecular complexity index is 313. The van der Waals surface area contributed by atoms with Gasteiger partial charge in [-0.2, -0.15) is 0 Å². The third-order valence-corrected chi connectivity index (χ3v) is 2.76. The molecule has 0 atom stereocenters. The smallest absolute Gasteiger partial charge is 0.139 e. The molecule has 1 aliphatic rings. The molecule has 0 N–H and O–H groups in total. The van der Waals surface area contributed by atoms with Crippen LogP contribution in [-0.2, 0) is 0 Å². The molecule has 0 saturated carbocycles. The van der Waals surface area contributed by atoms with Gasteiger partial charge in [-0.1, -0.05) is 11.6 Å². The molecule has 0 aromatic carbocycles. The Hall–Kier alpha value is -0.800. The van der Waals surface area contributed by atoms with Gasteiger partial charge in [0.1, 0.15) is 12.4 Å². The molecular weight excluding hydrogens is 212 g/mol. The number of halogens is 1. The molecule has 1 saturated heterocycles. The van der Waals surface area contributed by atoms with Crippen molar-refractivity contribution in [2.75, 3.05) is 26.2 Å². The third-order valence-electron chi connectivity index (χ3n) is 2.55. The lowest BCUT2D eigenvalue weighted by atomic mass is 10.4. The minimum atomic E-state index is 0.619. The van der Waals surface area contributed by atoms with Crippen LogP contribution >= 0.6 is 11.6 Å². The van der Waals surface area contributed by atoms with Crippen molar-refractivity contribution in [3.05, 3.63) is 23.5 Å². The van der Waals surface area contributed by atoms with E-state index in [4.69, 9.17) is 16.3 Å². The van der Waals surface area contributed by atoms with Crippen molar-refractivity contribution in [3.8, 4) is 5.75 Å². The second kappa shape index (κ2) is 5.33. The standard InChI is InChI=1S/C11H15ClN2O/c12-10-7-11(9-13-8-10)15-6-5-14-3-1-2-4-14/h7-9H,1-6H2. The van der Waals surface area contributed by atoms with Gasteiger partial charge in [-0.3, -0.25) is 9.88 Å². The van der Waals surface area contributed by atoms with E-state index in [-0.39, 0.29) is 0 Å². The first-order chi connectivity index (χ1) is 7.34. The summed E-state index contributed by atoms with van der Waals surface area (Å²) in [6, 6.07) is 1.79. The summed E-state index contributed by atoms with van der Waals surface area (Å²) < 4.78 is 5.56. The highest BCUT2D eigenvalue weighted by Gasteiger charge is 2.10. The van der Waals surface area contributed by atoms with Crippen molar-refractivity contribution >= 4 is 11.6 Å². The monoisotopic (exact) mass is 226 g/mol. The SMILES string of the molecule is Clc1cncc(OCCN2CCCC2)c1. The molecule has 0 radical (unpaired) electrons. The summed E-state index contributed by atoms with van der Waals surface area (Å²) in [6.07, 6.45) is 5.93. The average molecular weight is 227 g/mol. The summed E-state index contributed by atoms with van der Waals surface area (Å²) in [6.45, 7) is 4.11. The minimum Gasteiger partial charge on any atom is -0.491 e. The molecular formula is C11H15ClN2O. The van der Waals surface area contributed by atoms with Crippen LogP contribution < -0.4 is 4.74 Å². The number of pyridine rings is 1. The summed E-state index contributed by atoms with van der Waals surface area (Å²) >= 11 is 5.80. The Morgan fingerprint density at radius 1 is 1.33 bits per heavy atom. The Kier molecular flexibility index (Phi) is 3.80. The highest BCUT2D eigenvalue weighted by atomic mass is 35.5. The van der Waals surface area contributed by atoms with Crippen LogP contribution in [-0.4, -0.2) is 36.1 Å². The lowest BCUT2D eigenvalue weighted by molar-refractivity contribution is 0.237. The quantitative estimate of drug-likeness (QED) is 0.787. The van der Waals surface area contributed by atoms with E-state index < -0.39 is 0 Å². The van der Waals surface area contributed by atoms with Gasteiger partial charge >= 0.3 is 0 Å². The molecule has 2 heterocycles. The van der Waals surface area contributed by atoms with E-state index in [0.29, 0.717) is 11.6 Å². The Morgan fingerprint density at radius 3 is 2.87 bits per heavy atom. The van der Waals surface area contributed by atoms with Gasteiger partial charge < -0.3 is 4.74 Å². The van der Waals surface area contributed by atoms with Crippen LogP contribution in [0.1, 0.15) is 12.8 Å². The van der Waals surface area contributed by atoms with Gasteiger partial charge in [0.2, 0.25) is 0 Å². The third kappa shape index (κ3) is 3.36. The van der Waals surface area contributed by atoms with E-state index in [0.717, 1.165) is 12.3 Å². The zero-order chi connectivity index (χ0) is 10.5. The number of nitrogens with zero attached hydrogens (tertiary/aromatic N) is 2. The molecule has 1 aromatic rings. The Morgan fingerprint density at radius 2 is 2.13 bits per heavy atom. The fourth-order valence-corrected chi connectivity index (χ4v) is 1.93. The van der Waals surface area contributed by atoms with Crippen LogP contribution in [0.5, 0.6) is 5.75 Å². The molecule has 0 aliphatic carbocycles. The first-order valence-electron chi connectivity index (χ1n) is 5.30. The van der Waals surface area contributed by atoms with Crippen molar-refractivity contribution in [3.63, 3.8) is 0 Å². The van der Waals surface area contributed by atoms with Gasteiger partial charge in [0, 0.05) is 18.8 Å². The first-order valence-corrected chi connectivity index (χ1v) is 5.68. The summed E-state index contributed by atoms with van der Waals surface area (Å²) in [5.74, 6) is 0.752. The van der Waals surface area contributed by atoms with E-state index in [2.05, 4.69) is 9.88 Å². The van der Waals surface area contributed by atoms with Crippen LogP contribution in [0, 0.1) is 0 Å². The highest BCUT2D eigenvalue weighted by molar-refractivity contribution is 6.30. The highest BCUT2D eigenvalue weighted by Crippen LogP contribution is 2.15. The first kappa shape index (κ1) is 10.7.